The molecule has 2 aliphatic heterocycles. The number of carbonyl (C=O) groups excluding carboxylic acids is 2. The Morgan fingerprint density at radius 3 is 2.96 bits per heavy atom. The summed E-state index contributed by atoms with van der Waals surface area (Å²) in [6.45, 7) is 1.49. The number of benzene rings is 1. The van der Waals surface area contributed by atoms with Gasteiger partial charge in [0.05, 0.1) is 23.9 Å². The number of nitrogens with zero attached hydrogens (tertiary/aromatic N) is 1. The standard InChI is InChI=1S/C19H24ClN3O5/c1-26-12-4-5-15(20)14(9-12)16-10-17(28-23-16)19(25)21-7-6-18(24)22-11-13-3-2-8-27-13/h4-5,9,13,17H,2-3,6-8,10-11H2,1H3,(H,21,25)(H,22,24)/t13-,17-/m0/s1. The molecule has 2 amide bonds. The highest BCUT2D eigenvalue weighted by Crippen LogP contribution is 2.27. The summed E-state index contributed by atoms with van der Waals surface area (Å²) in [4.78, 5) is 29.3. The van der Waals surface area contributed by atoms with Gasteiger partial charge in [-0.25, -0.2) is 0 Å². The van der Waals surface area contributed by atoms with Crippen molar-refractivity contribution < 1.29 is 23.9 Å². The summed E-state index contributed by atoms with van der Waals surface area (Å²) in [6.07, 6.45) is 1.85. The predicted molar refractivity (Wildman–Crippen MR) is 104 cm³/mol. The van der Waals surface area contributed by atoms with Gasteiger partial charge in [0.1, 0.15) is 5.75 Å². The van der Waals surface area contributed by atoms with Crippen molar-refractivity contribution in [2.75, 3.05) is 26.8 Å². The molecule has 1 saturated heterocycles. The molecule has 3 rings (SSSR count). The van der Waals surface area contributed by atoms with Gasteiger partial charge in [0, 0.05) is 38.1 Å². The van der Waals surface area contributed by atoms with Gasteiger partial charge in [-0.1, -0.05) is 16.8 Å². The average Bonchev–Trinajstić information content (AvgIpc) is 3.39. The molecular weight excluding hydrogens is 386 g/mol. The van der Waals surface area contributed by atoms with Crippen molar-refractivity contribution in [3.8, 4) is 5.75 Å². The molecule has 2 heterocycles. The molecule has 0 unspecified atom stereocenters. The van der Waals surface area contributed by atoms with Crippen LogP contribution in [0.4, 0.5) is 0 Å². The van der Waals surface area contributed by atoms with Crippen molar-refractivity contribution in [1.29, 1.82) is 0 Å². The van der Waals surface area contributed by atoms with Crippen LogP contribution in [-0.4, -0.2) is 56.5 Å². The first kappa shape index (κ1) is 20.4. The van der Waals surface area contributed by atoms with E-state index in [0.29, 0.717) is 35.0 Å². The van der Waals surface area contributed by atoms with Crippen molar-refractivity contribution in [2.24, 2.45) is 5.16 Å². The molecule has 2 atom stereocenters. The quantitative estimate of drug-likeness (QED) is 0.680. The van der Waals surface area contributed by atoms with Gasteiger partial charge >= 0.3 is 0 Å². The fourth-order valence-corrected chi connectivity index (χ4v) is 3.29. The Morgan fingerprint density at radius 2 is 2.21 bits per heavy atom. The number of hydrogen-bond donors (Lipinski definition) is 2. The molecule has 9 heteroatoms. The lowest BCUT2D eigenvalue weighted by Gasteiger charge is -2.12. The molecule has 0 bridgehead atoms. The third kappa shape index (κ3) is 5.36. The zero-order valence-electron chi connectivity index (χ0n) is 15.7. The third-order valence-electron chi connectivity index (χ3n) is 4.65. The van der Waals surface area contributed by atoms with Crippen LogP contribution in [0.1, 0.15) is 31.2 Å². The molecule has 0 aliphatic carbocycles. The normalized spacial score (nSPS) is 21.0. The Balaban J connectivity index is 1.40. The average molecular weight is 410 g/mol. The molecule has 2 N–H and O–H groups in total. The van der Waals surface area contributed by atoms with Crippen LogP contribution in [-0.2, 0) is 19.2 Å². The molecule has 0 aromatic heterocycles. The van der Waals surface area contributed by atoms with Gasteiger partial charge in [0.25, 0.3) is 5.91 Å². The first-order valence-electron chi connectivity index (χ1n) is 9.29. The molecular formula is C19H24ClN3O5. The van der Waals surface area contributed by atoms with Crippen LogP contribution in [0, 0.1) is 0 Å². The molecule has 1 aromatic rings. The lowest BCUT2D eigenvalue weighted by molar-refractivity contribution is -0.131. The minimum Gasteiger partial charge on any atom is -0.497 e. The van der Waals surface area contributed by atoms with Gasteiger partial charge in [-0.3, -0.25) is 9.59 Å². The SMILES string of the molecule is COc1ccc(Cl)c(C2=NO[C@H](C(=O)NCCC(=O)NC[C@@H]3CCCO3)C2)c1. The minimum absolute atomic E-state index is 0.101. The second-order valence-electron chi connectivity index (χ2n) is 6.66. The Hall–Kier alpha value is -2.32. The summed E-state index contributed by atoms with van der Waals surface area (Å²) in [5.41, 5.74) is 1.25. The lowest BCUT2D eigenvalue weighted by atomic mass is 10.0. The van der Waals surface area contributed by atoms with E-state index in [4.69, 9.17) is 25.9 Å². The number of hydrogen-bond acceptors (Lipinski definition) is 6. The number of oxime groups is 1. The summed E-state index contributed by atoms with van der Waals surface area (Å²) < 4.78 is 10.6. The first-order chi connectivity index (χ1) is 13.6. The third-order valence-corrected chi connectivity index (χ3v) is 4.98. The highest BCUT2D eigenvalue weighted by atomic mass is 35.5. The van der Waals surface area contributed by atoms with Crippen molar-refractivity contribution in [3.63, 3.8) is 0 Å². The topological polar surface area (TPSA) is 98.3 Å². The minimum atomic E-state index is -0.743. The summed E-state index contributed by atoms with van der Waals surface area (Å²) in [5, 5.41) is 10.0. The van der Waals surface area contributed by atoms with E-state index in [1.54, 1.807) is 25.3 Å². The number of methoxy groups -OCH3 is 1. The molecule has 1 aromatic carbocycles. The van der Waals surface area contributed by atoms with Crippen LogP contribution in [0.5, 0.6) is 5.75 Å². The van der Waals surface area contributed by atoms with E-state index in [0.717, 1.165) is 19.4 Å². The fraction of sp³-hybridized carbons (Fsp3) is 0.526. The van der Waals surface area contributed by atoms with E-state index >= 15 is 0 Å². The Kier molecular flexibility index (Phi) is 7.11. The van der Waals surface area contributed by atoms with Crippen LogP contribution >= 0.6 is 11.6 Å². The Bertz CT molecular complexity index is 749. The van der Waals surface area contributed by atoms with Gasteiger partial charge in [0.2, 0.25) is 12.0 Å². The Morgan fingerprint density at radius 1 is 1.36 bits per heavy atom. The molecule has 2 aliphatic rings. The van der Waals surface area contributed by atoms with E-state index in [9.17, 15) is 9.59 Å². The van der Waals surface area contributed by atoms with Crippen LogP contribution in [0.15, 0.2) is 23.4 Å². The van der Waals surface area contributed by atoms with E-state index in [1.165, 1.54) is 0 Å². The summed E-state index contributed by atoms with van der Waals surface area (Å²) in [5.74, 6) is 0.206. The molecule has 28 heavy (non-hydrogen) atoms. The van der Waals surface area contributed by atoms with Crippen molar-refractivity contribution in [3.05, 3.63) is 28.8 Å². The highest BCUT2D eigenvalue weighted by Gasteiger charge is 2.30. The number of halogens is 1. The molecule has 152 valence electrons. The van der Waals surface area contributed by atoms with E-state index in [1.807, 2.05) is 0 Å². The molecule has 1 fully saturated rings. The number of nitrogens with one attached hydrogen (secondary N) is 2. The second kappa shape index (κ2) is 9.75. The lowest BCUT2D eigenvalue weighted by Crippen LogP contribution is -2.38. The zero-order chi connectivity index (χ0) is 19.9. The van der Waals surface area contributed by atoms with Crippen molar-refractivity contribution in [2.45, 2.75) is 37.9 Å². The largest absolute Gasteiger partial charge is 0.497 e. The maximum atomic E-state index is 12.3. The van der Waals surface area contributed by atoms with Gasteiger partial charge in [-0.2, -0.15) is 0 Å². The summed E-state index contributed by atoms with van der Waals surface area (Å²) in [6, 6.07) is 5.21. The van der Waals surface area contributed by atoms with Gasteiger partial charge in [-0.15, -0.1) is 0 Å². The van der Waals surface area contributed by atoms with Crippen molar-refractivity contribution in [1.82, 2.24) is 10.6 Å². The number of carbonyl (C=O) groups is 2. The molecule has 0 radical (unpaired) electrons. The van der Waals surface area contributed by atoms with Crippen LogP contribution in [0.2, 0.25) is 5.02 Å². The van der Waals surface area contributed by atoms with Gasteiger partial charge in [0.15, 0.2) is 0 Å². The number of rotatable bonds is 8. The zero-order valence-corrected chi connectivity index (χ0v) is 16.5. The summed E-state index contributed by atoms with van der Waals surface area (Å²) in [7, 11) is 1.56. The molecule has 0 spiro atoms. The van der Waals surface area contributed by atoms with E-state index in [-0.39, 0.29) is 30.9 Å². The van der Waals surface area contributed by atoms with E-state index in [2.05, 4.69) is 15.8 Å². The van der Waals surface area contributed by atoms with Crippen LogP contribution in [0.3, 0.4) is 0 Å². The van der Waals surface area contributed by atoms with Gasteiger partial charge in [-0.05, 0) is 31.0 Å². The smallest absolute Gasteiger partial charge is 0.264 e. The predicted octanol–water partition coefficient (Wildman–Crippen LogP) is 1.64. The maximum absolute atomic E-state index is 12.3. The maximum Gasteiger partial charge on any atom is 0.264 e. The van der Waals surface area contributed by atoms with Crippen LogP contribution < -0.4 is 15.4 Å². The highest BCUT2D eigenvalue weighted by molar-refractivity contribution is 6.34. The fourth-order valence-electron chi connectivity index (χ4n) is 3.06. The van der Waals surface area contributed by atoms with Crippen LogP contribution in [0.25, 0.3) is 0 Å². The number of ether oxygens (including phenoxy) is 2. The number of amides is 2. The van der Waals surface area contributed by atoms with Gasteiger partial charge < -0.3 is 24.9 Å². The summed E-state index contributed by atoms with van der Waals surface area (Å²) >= 11 is 6.21. The molecule has 8 nitrogen and oxygen atoms in total. The van der Waals surface area contributed by atoms with E-state index < -0.39 is 6.10 Å². The van der Waals surface area contributed by atoms with Crippen molar-refractivity contribution >= 4 is 29.1 Å². The molecule has 0 saturated carbocycles. The monoisotopic (exact) mass is 409 g/mol. The second-order valence-corrected chi connectivity index (χ2v) is 7.07. The first-order valence-corrected chi connectivity index (χ1v) is 9.67. The Labute approximate surface area is 168 Å².